The van der Waals surface area contributed by atoms with Gasteiger partial charge in [0.2, 0.25) is 0 Å². The molecule has 2 rings (SSSR count). The fraction of sp³-hybridized carbons (Fsp3) is 0.0588. The summed E-state index contributed by atoms with van der Waals surface area (Å²) < 4.78 is 5.06. The monoisotopic (exact) mass is 395 g/mol. The van der Waals surface area contributed by atoms with E-state index in [1.165, 1.54) is 19.4 Å². The van der Waals surface area contributed by atoms with Gasteiger partial charge in [0.05, 0.1) is 22.2 Å². The number of hydrogen-bond donors (Lipinski definition) is 2. The van der Waals surface area contributed by atoms with E-state index in [2.05, 4.69) is 10.6 Å². The smallest absolute Gasteiger partial charge is 0.267 e. The predicted molar refractivity (Wildman–Crippen MR) is 100 cm³/mol. The number of nitrogens with zero attached hydrogens (tertiary/aromatic N) is 1. The van der Waals surface area contributed by atoms with Gasteiger partial charge in [-0.05, 0) is 36.4 Å². The minimum atomic E-state index is -0.590. The number of ether oxygens (including phenoxy) is 1. The molecule has 0 radical (unpaired) electrons. The van der Waals surface area contributed by atoms with Crippen LogP contribution in [0.25, 0.3) is 0 Å². The van der Waals surface area contributed by atoms with Crippen LogP contribution in [0.4, 0.5) is 11.4 Å². The second-order valence-electron chi connectivity index (χ2n) is 4.75. The third-order valence-corrected chi connectivity index (χ3v) is 4.11. The average molecular weight is 397 g/mol. The molecule has 2 N–H and O–H groups in total. The number of amides is 1. The van der Waals surface area contributed by atoms with Gasteiger partial charge >= 0.3 is 0 Å². The molecule has 0 aromatic heterocycles. The average Bonchev–Trinajstić information content (AvgIpc) is 2.59. The number of anilines is 2. The van der Waals surface area contributed by atoms with Crippen LogP contribution in [0.5, 0.6) is 5.75 Å². The van der Waals surface area contributed by atoms with E-state index < -0.39 is 5.91 Å². The van der Waals surface area contributed by atoms with E-state index in [4.69, 9.17) is 39.5 Å². The SMILES string of the molecule is COc1ccc(N/C=C(/C#N)C(=O)Nc2ccc(Cl)c(Cl)c2)cc1Cl. The summed E-state index contributed by atoms with van der Waals surface area (Å²) in [5, 5.41) is 15.7. The maximum Gasteiger partial charge on any atom is 0.267 e. The Balaban J connectivity index is 2.11. The van der Waals surface area contributed by atoms with Gasteiger partial charge in [-0.3, -0.25) is 4.79 Å². The molecular weight excluding hydrogens is 385 g/mol. The van der Waals surface area contributed by atoms with Crippen molar-refractivity contribution in [1.82, 2.24) is 0 Å². The molecule has 2 aromatic rings. The fourth-order valence-corrected chi connectivity index (χ4v) is 2.39. The third kappa shape index (κ3) is 5.04. The van der Waals surface area contributed by atoms with Crippen molar-refractivity contribution in [2.75, 3.05) is 17.7 Å². The molecule has 0 bridgehead atoms. The van der Waals surface area contributed by atoms with Gasteiger partial charge in [0, 0.05) is 17.6 Å². The van der Waals surface area contributed by atoms with Crippen molar-refractivity contribution >= 4 is 52.1 Å². The van der Waals surface area contributed by atoms with Crippen LogP contribution < -0.4 is 15.4 Å². The van der Waals surface area contributed by atoms with Gasteiger partial charge in [-0.25, -0.2) is 0 Å². The van der Waals surface area contributed by atoms with Crippen LogP contribution in [0.15, 0.2) is 48.2 Å². The molecule has 0 saturated carbocycles. The molecule has 25 heavy (non-hydrogen) atoms. The van der Waals surface area contributed by atoms with Crippen LogP contribution in [-0.2, 0) is 4.79 Å². The number of benzene rings is 2. The highest BCUT2D eigenvalue weighted by molar-refractivity contribution is 6.42. The molecule has 0 aliphatic carbocycles. The Bertz CT molecular complexity index is 876. The normalized spacial score (nSPS) is 10.8. The number of rotatable bonds is 5. The summed E-state index contributed by atoms with van der Waals surface area (Å²) in [6.45, 7) is 0. The Morgan fingerprint density at radius 1 is 1.08 bits per heavy atom. The second kappa shape index (κ2) is 8.63. The molecule has 0 aliphatic heterocycles. The molecule has 2 aromatic carbocycles. The molecule has 0 saturated heterocycles. The van der Waals surface area contributed by atoms with Gasteiger partial charge in [0.1, 0.15) is 17.4 Å². The summed E-state index contributed by atoms with van der Waals surface area (Å²) in [4.78, 5) is 12.2. The van der Waals surface area contributed by atoms with Crippen molar-refractivity contribution in [3.05, 3.63) is 63.2 Å². The van der Waals surface area contributed by atoms with Gasteiger partial charge in [-0.2, -0.15) is 5.26 Å². The number of methoxy groups -OCH3 is 1. The largest absolute Gasteiger partial charge is 0.495 e. The summed E-state index contributed by atoms with van der Waals surface area (Å²) in [7, 11) is 1.51. The summed E-state index contributed by atoms with van der Waals surface area (Å²) >= 11 is 17.7. The highest BCUT2D eigenvalue weighted by atomic mass is 35.5. The van der Waals surface area contributed by atoms with E-state index >= 15 is 0 Å². The Morgan fingerprint density at radius 2 is 1.76 bits per heavy atom. The van der Waals surface area contributed by atoms with Gasteiger partial charge in [-0.15, -0.1) is 0 Å². The Labute approximate surface area is 159 Å². The first-order chi connectivity index (χ1) is 11.9. The zero-order valence-electron chi connectivity index (χ0n) is 12.9. The number of nitriles is 1. The lowest BCUT2D eigenvalue weighted by Gasteiger charge is -2.07. The minimum absolute atomic E-state index is 0.127. The van der Waals surface area contributed by atoms with Gasteiger partial charge in [-0.1, -0.05) is 34.8 Å². The van der Waals surface area contributed by atoms with Crippen LogP contribution in [-0.4, -0.2) is 13.0 Å². The van der Waals surface area contributed by atoms with Crippen molar-refractivity contribution in [2.24, 2.45) is 0 Å². The highest BCUT2D eigenvalue weighted by Crippen LogP contribution is 2.27. The van der Waals surface area contributed by atoms with E-state index in [-0.39, 0.29) is 5.57 Å². The predicted octanol–water partition coefficient (Wildman–Crippen LogP) is 5.11. The summed E-state index contributed by atoms with van der Waals surface area (Å²) in [6, 6.07) is 11.4. The number of halogens is 3. The lowest BCUT2D eigenvalue weighted by Crippen LogP contribution is -2.14. The first-order valence-electron chi connectivity index (χ1n) is 6.91. The van der Waals surface area contributed by atoms with E-state index in [9.17, 15) is 10.1 Å². The molecule has 1 amide bonds. The van der Waals surface area contributed by atoms with E-state index in [1.54, 1.807) is 30.3 Å². The number of carbonyl (C=O) groups is 1. The molecule has 5 nitrogen and oxygen atoms in total. The topological polar surface area (TPSA) is 74.1 Å². The van der Waals surface area contributed by atoms with Crippen LogP contribution in [0.1, 0.15) is 0 Å². The number of hydrogen-bond acceptors (Lipinski definition) is 4. The highest BCUT2D eigenvalue weighted by Gasteiger charge is 2.10. The summed E-state index contributed by atoms with van der Waals surface area (Å²) in [6.07, 6.45) is 1.28. The van der Waals surface area contributed by atoms with E-state index in [0.29, 0.717) is 32.2 Å². The minimum Gasteiger partial charge on any atom is -0.495 e. The maximum absolute atomic E-state index is 12.2. The molecule has 0 spiro atoms. The standard InChI is InChI=1S/C17H12Cl3N3O2/c1-25-16-5-3-11(6-15(16)20)22-9-10(8-21)17(24)23-12-2-4-13(18)14(19)7-12/h2-7,9,22H,1H3,(H,23,24)/b10-9-. The van der Waals surface area contributed by atoms with Gasteiger partial charge in [0.15, 0.2) is 0 Å². The molecular formula is C17H12Cl3N3O2. The van der Waals surface area contributed by atoms with Crippen LogP contribution in [0, 0.1) is 11.3 Å². The summed E-state index contributed by atoms with van der Waals surface area (Å²) in [5.41, 5.74) is 0.895. The van der Waals surface area contributed by atoms with E-state index in [0.717, 1.165) is 0 Å². The lowest BCUT2D eigenvalue weighted by atomic mass is 10.2. The lowest BCUT2D eigenvalue weighted by molar-refractivity contribution is -0.112. The van der Waals surface area contributed by atoms with E-state index in [1.807, 2.05) is 6.07 Å². The van der Waals surface area contributed by atoms with Crippen molar-refractivity contribution in [1.29, 1.82) is 5.26 Å². The zero-order valence-corrected chi connectivity index (χ0v) is 15.2. The zero-order chi connectivity index (χ0) is 18.4. The van der Waals surface area contributed by atoms with Crippen LogP contribution >= 0.6 is 34.8 Å². The quantitative estimate of drug-likeness (QED) is 0.544. The molecule has 0 atom stereocenters. The first kappa shape index (κ1) is 18.9. The molecule has 128 valence electrons. The number of nitrogens with one attached hydrogen (secondary N) is 2. The van der Waals surface area contributed by atoms with Crippen molar-refractivity contribution in [3.8, 4) is 11.8 Å². The number of carbonyl (C=O) groups excluding carboxylic acids is 1. The molecule has 0 unspecified atom stereocenters. The second-order valence-corrected chi connectivity index (χ2v) is 5.97. The summed E-state index contributed by atoms with van der Waals surface area (Å²) in [5.74, 6) is -0.0675. The maximum atomic E-state index is 12.2. The van der Waals surface area contributed by atoms with Gasteiger partial charge in [0.25, 0.3) is 5.91 Å². The van der Waals surface area contributed by atoms with Crippen molar-refractivity contribution in [3.63, 3.8) is 0 Å². The molecule has 0 aliphatic rings. The fourth-order valence-electron chi connectivity index (χ4n) is 1.83. The van der Waals surface area contributed by atoms with Crippen LogP contribution in [0.2, 0.25) is 15.1 Å². The Kier molecular flexibility index (Phi) is 6.54. The first-order valence-corrected chi connectivity index (χ1v) is 8.04. The Morgan fingerprint density at radius 3 is 2.36 bits per heavy atom. The molecule has 8 heteroatoms. The van der Waals surface area contributed by atoms with Crippen LogP contribution in [0.3, 0.4) is 0 Å². The van der Waals surface area contributed by atoms with Crippen molar-refractivity contribution < 1.29 is 9.53 Å². The van der Waals surface area contributed by atoms with Gasteiger partial charge < -0.3 is 15.4 Å². The van der Waals surface area contributed by atoms with Crippen molar-refractivity contribution in [2.45, 2.75) is 0 Å². The molecule has 0 fully saturated rings. The Hall–Kier alpha value is -2.39. The molecule has 0 heterocycles. The third-order valence-electron chi connectivity index (χ3n) is 3.08.